The quantitative estimate of drug-likeness (QED) is 0.392. The van der Waals surface area contributed by atoms with Gasteiger partial charge in [0.05, 0.1) is 6.54 Å². The molecule has 4 heterocycles. The SMILES string of the molecule is Cn1c(=O)n(CC(=O)Nc2ccccn2)c(=O)c2c1nc(N1CCC[C@@H](N)C1)n2Cc1ccccc1Cl. The summed E-state index contributed by atoms with van der Waals surface area (Å²) in [6, 6.07) is 12.4. The van der Waals surface area contributed by atoms with Crippen molar-refractivity contribution in [2.75, 3.05) is 23.3 Å². The highest BCUT2D eigenvalue weighted by Gasteiger charge is 2.27. The lowest BCUT2D eigenvalue weighted by molar-refractivity contribution is -0.116. The molecule has 37 heavy (non-hydrogen) atoms. The Hall–Kier alpha value is -3.96. The second-order valence-electron chi connectivity index (χ2n) is 9.11. The minimum atomic E-state index is -0.641. The van der Waals surface area contributed by atoms with E-state index in [0.717, 1.165) is 23.0 Å². The molecule has 1 atom stereocenters. The Labute approximate surface area is 217 Å². The maximum atomic E-state index is 13.8. The number of nitrogens with two attached hydrogens (primary N) is 1. The summed E-state index contributed by atoms with van der Waals surface area (Å²) in [5.41, 5.74) is 6.22. The summed E-state index contributed by atoms with van der Waals surface area (Å²) >= 11 is 6.46. The number of nitrogens with one attached hydrogen (secondary N) is 1. The second-order valence-corrected chi connectivity index (χ2v) is 9.51. The van der Waals surface area contributed by atoms with E-state index in [1.807, 2.05) is 23.1 Å². The van der Waals surface area contributed by atoms with Crippen LogP contribution < -0.4 is 27.2 Å². The molecule has 0 radical (unpaired) electrons. The van der Waals surface area contributed by atoms with Gasteiger partial charge in [0, 0.05) is 37.4 Å². The number of aromatic nitrogens is 5. The molecule has 0 unspecified atom stereocenters. The van der Waals surface area contributed by atoms with Crippen LogP contribution in [0.3, 0.4) is 0 Å². The normalized spacial score (nSPS) is 15.8. The van der Waals surface area contributed by atoms with Gasteiger partial charge >= 0.3 is 5.69 Å². The highest BCUT2D eigenvalue weighted by molar-refractivity contribution is 6.31. The van der Waals surface area contributed by atoms with Crippen molar-refractivity contribution in [2.45, 2.75) is 32.0 Å². The van der Waals surface area contributed by atoms with Gasteiger partial charge in [0.2, 0.25) is 11.9 Å². The van der Waals surface area contributed by atoms with Gasteiger partial charge in [-0.15, -0.1) is 0 Å². The van der Waals surface area contributed by atoms with Crippen molar-refractivity contribution < 1.29 is 4.79 Å². The molecule has 5 rings (SSSR count). The third-order valence-electron chi connectivity index (χ3n) is 6.47. The number of amides is 1. The van der Waals surface area contributed by atoms with Crippen LogP contribution in [0.25, 0.3) is 11.2 Å². The Balaban J connectivity index is 1.64. The molecule has 0 saturated carbocycles. The zero-order valence-electron chi connectivity index (χ0n) is 20.3. The smallest absolute Gasteiger partial charge is 0.332 e. The van der Waals surface area contributed by atoms with Crippen LogP contribution in [0, 0.1) is 0 Å². The number of halogens is 1. The summed E-state index contributed by atoms with van der Waals surface area (Å²) in [7, 11) is 1.54. The van der Waals surface area contributed by atoms with Crippen LogP contribution in [0.2, 0.25) is 5.02 Å². The number of piperidine rings is 1. The monoisotopic (exact) mass is 522 g/mol. The third kappa shape index (κ3) is 4.87. The van der Waals surface area contributed by atoms with E-state index in [-0.39, 0.29) is 23.8 Å². The van der Waals surface area contributed by atoms with Gasteiger partial charge in [-0.2, -0.15) is 4.98 Å². The number of carbonyl (C=O) groups is 1. The van der Waals surface area contributed by atoms with Gasteiger partial charge in [-0.3, -0.25) is 18.7 Å². The average Bonchev–Trinajstić information content (AvgIpc) is 3.27. The summed E-state index contributed by atoms with van der Waals surface area (Å²) < 4.78 is 3.97. The molecule has 192 valence electrons. The topological polar surface area (TPSA) is 133 Å². The predicted octanol–water partition coefficient (Wildman–Crippen LogP) is 1.56. The minimum absolute atomic E-state index is 0.0295. The van der Waals surface area contributed by atoms with Crippen LogP contribution in [0.4, 0.5) is 11.8 Å². The molecular formula is C25H27ClN8O3. The molecule has 11 nitrogen and oxygen atoms in total. The number of imidazole rings is 1. The largest absolute Gasteiger partial charge is 0.341 e. The average molecular weight is 523 g/mol. The molecule has 3 N–H and O–H groups in total. The molecule has 1 aliphatic rings. The molecule has 12 heteroatoms. The molecule has 1 amide bonds. The van der Waals surface area contributed by atoms with E-state index in [2.05, 4.69) is 10.3 Å². The van der Waals surface area contributed by atoms with E-state index in [1.165, 1.54) is 17.8 Å². The van der Waals surface area contributed by atoms with Crippen molar-refractivity contribution in [2.24, 2.45) is 12.8 Å². The van der Waals surface area contributed by atoms with Crippen molar-refractivity contribution in [3.8, 4) is 0 Å². The molecule has 4 aromatic rings. The number of carbonyl (C=O) groups excluding carboxylic acids is 1. The first-order valence-electron chi connectivity index (χ1n) is 12.0. The number of nitrogens with zero attached hydrogens (tertiary/aromatic N) is 6. The van der Waals surface area contributed by atoms with Crippen molar-refractivity contribution in [1.82, 2.24) is 23.7 Å². The number of anilines is 2. The highest BCUT2D eigenvalue weighted by Crippen LogP contribution is 2.26. The highest BCUT2D eigenvalue weighted by atomic mass is 35.5. The minimum Gasteiger partial charge on any atom is -0.341 e. The van der Waals surface area contributed by atoms with Gasteiger partial charge < -0.3 is 16.0 Å². The lowest BCUT2D eigenvalue weighted by Gasteiger charge is -2.32. The molecule has 0 aliphatic carbocycles. The lowest BCUT2D eigenvalue weighted by atomic mass is 10.1. The predicted molar refractivity (Wildman–Crippen MR) is 142 cm³/mol. The maximum Gasteiger partial charge on any atom is 0.332 e. The standard InChI is InChI=1S/C25H27ClN8O3/c1-31-22-21(23(36)34(25(31)37)15-20(35)29-19-10-4-5-11-28-19)33(13-16-7-2-3-9-18(16)26)24(30-22)32-12-6-8-17(27)14-32/h2-5,7,9-11,17H,6,8,12-15,27H2,1H3,(H,28,29,35)/t17-/m1/s1. The fourth-order valence-electron chi connectivity index (χ4n) is 4.64. The molecule has 0 bridgehead atoms. The van der Waals surface area contributed by atoms with Gasteiger partial charge in [0.15, 0.2) is 11.2 Å². The van der Waals surface area contributed by atoms with Crippen LogP contribution in [-0.2, 0) is 24.9 Å². The number of fused-ring (bicyclic) bond motifs is 1. The van der Waals surface area contributed by atoms with Gasteiger partial charge in [0.1, 0.15) is 12.4 Å². The van der Waals surface area contributed by atoms with Crippen molar-refractivity contribution >= 4 is 40.4 Å². The Kier molecular flexibility index (Phi) is 6.81. The molecule has 3 aromatic heterocycles. The van der Waals surface area contributed by atoms with Gasteiger partial charge in [-0.25, -0.2) is 14.3 Å². The molecular weight excluding hydrogens is 496 g/mol. The fourth-order valence-corrected chi connectivity index (χ4v) is 4.84. The van der Waals surface area contributed by atoms with Crippen LogP contribution in [0.15, 0.2) is 58.3 Å². The van der Waals surface area contributed by atoms with E-state index in [0.29, 0.717) is 29.9 Å². The van der Waals surface area contributed by atoms with Crippen LogP contribution in [0.5, 0.6) is 0 Å². The molecule has 1 aromatic carbocycles. The van der Waals surface area contributed by atoms with Crippen LogP contribution >= 0.6 is 11.6 Å². The summed E-state index contributed by atoms with van der Waals surface area (Å²) in [5, 5.41) is 3.16. The Bertz CT molecular complexity index is 1580. The number of hydrogen-bond donors (Lipinski definition) is 2. The van der Waals surface area contributed by atoms with Crippen LogP contribution in [0.1, 0.15) is 18.4 Å². The molecule has 1 saturated heterocycles. The number of aryl methyl sites for hydroxylation is 1. The molecule has 1 aliphatic heterocycles. The van der Waals surface area contributed by atoms with Crippen molar-refractivity contribution in [1.29, 1.82) is 0 Å². The number of benzene rings is 1. The first-order chi connectivity index (χ1) is 17.8. The lowest BCUT2D eigenvalue weighted by Crippen LogP contribution is -2.44. The molecule has 0 spiro atoms. The van der Waals surface area contributed by atoms with E-state index in [1.54, 1.807) is 28.8 Å². The zero-order chi connectivity index (χ0) is 26.1. The summed E-state index contributed by atoms with van der Waals surface area (Å²) in [6.45, 7) is 1.07. The van der Waals surface area contributed by atoms with E-state index < -0.39 is 23.7 Å². The number of hydrogen-bond acceptors (Lipinski definition) is 7. The van der Waals surface area contributed by atoms with Crippen molar-refractivity contribution in [3.05, 3.63) is 80.1 Å². The fraction of sp³-hybridized carbons (Fsp3) is 0.320. The zero-order valence-corrected chi connectivity index (χ0v) is 21.1. The maximum absolute atomic E-state index is 13.8. The van der Waals surface area contributed by atoms with Gasteiger partial charge in [-0.05, 0) is 36.6 Å². The molecule has 1 fully saturated rings. The van der Waals surface area contributed by atoms with E-state index in [9.17, 15) is 14.4 Å². The summed E-state index contributed by atoms with van der Waals surface area (Å²) in [4.78, 5) is 50.5. The summed E-state index contributed by atoms with van der Waals surface area (Å²) in [6.07, 6.45) is 3.32. The Morgan fingerprint density at radius 1 is 1.16 bits per heavy atom. The Morgan fingerprint density at radius 2 is 1.95 bits per heavy atom. The third-order valence-corrected chi connectivity index (χ3v) is 6.84. The Morgan fingerprint density at radius 3 is 2.68 bits per heavy atom. The summed E-state index contributed by atoms with van der Waals surface area (Å²) in [5.74, 6) is 0.315. The van der Waals surface area contributed by atoms with Gasteiger partial charge in [-0.1, -0.05) is 35.9 Å². The van der Waals surface area contributed by atoms with E-state index in [4.69, 9.17) is 22.3 Å². The number of pyridine rings is 1. The van der Waals surface area contributed by atoms with Crippen LogP contribution in [-0.4, -0.2) is 48.7 Å². The number of rotatable bonds is 6. The first-order valence-corrected chi connectivity index (χ1v) is 12.4. The first kappa shape index (κ1) is 24.7. The van der Waals surface area contributed by atoms with E-state index >= 15 is 0 Å². The van der Waals surface area contributed by atoms with Gasteiger partial charge in [0.25, 0.3) is 5.56 Å². The van der Waals surface area contributed by atoms with Crippen molar-refractivity contribution in [3.63, 3.8) is 0 Å². The second kappa shape index (κ2) is 10.2.